The third kappa shape index (κ3) is 3.02. The number of alkyl halides is 2. The van der Waals surface area contributed by atoms with E-state index in [4.69, 9.17) is 0 Å². The van der Waals surface area contributed by atoms with Crippen LogP contribution in [0.1, 0.15) is 24.0 Å². The van der Waals surface area contributed by atoms with Crippen molar-refractivity contribution in [3.63, 3.8) is 0 Å². The summed E-state index contributed by atoms with van der Waals surface area (Å²) in [5.74, 6) is -3.42. The van der Waals surface area contributed by atoms with Crippen molar-refractivity contribution in [3.05, 3.63) is 35.4 Å². The number of carbonyl (C=O) groups excluding carboxylic acids is 1. The van der Waals surface area contributed by atoms with Gasteiger partial charge in [0.05, 0.1) is 0 Å². The van der Waals surface area contributed by atoms with Crippen LogP contribution in [0.2, 0.25) is 0 Å². The summed E-state index contributed by atoms with van der Waals surface area (Å²) in [4.78, 5) is 11.5. The van der Waals surface area contributed by atoms with Gasteiger partial charge in [0.2, 0.25) is 11.8 Å². The van der Waals surface area contributed by atoms with Gasteiger partial charge in [0.1, 0.15) is 0 Å². The first-order valence-electron chi connectivity index (χ1n) is 5.67. The SMILES string of the molecule is Cc1ccc(CNC(=O)C2CC(F)(F)C2)cc1. The molecule has 0 heterocycles. The molecule has 0 spiro atoms. The molecule has 1 aliphatic carbocycles. The molecule has 1 aromatic carbocycles. The van der Waals surface area contributed by atoms with E-state index in [2.05, 4.69) is 5.32 Å². The van der Waals surface area contributed by atoms with Crippen LogP contribution in [0.15, 0.2) is 24.3 Å². The van der Waals surface area contributed by atoms with Crippen molar-refractivity contribution < 1.29 is 13.6 Å². The lowest BCUT2D eigenvalue weighted by Crippen LogP contribution is -2.44. The van der Waals surface area contributed by atoms with Crippen molar-refractivity contribution in [1.29, 1.82) is 0 Å². The first kappa shape index (κ1) is 12.0. The highest BCUT2D eigenvalue weighted by Crippen LogP contribution is 2.42. The molecule has 0 radical (unpaired) electrons. The predicted octanol–water partition coefficient (Wildman–Crippen LogP) is 2.66. The molecular formula is C13H15F2NO. The average molecular weight is 239 g/mol. The molecule has 0 atom stereocenters. The molecule has 17 heavy (non-hydrogen) atoms. The molecule has 1 N–H and O–H groups in total. The average Bonchev–Trinajstić information content (AvgIpc) is 2.24. The largest absolute Gasteiger partial charge is 0.352 e. The van der Waals surface area contributed by atoms with Crippen LogP contribution in [0.3, 0.4) is 0 Å². The Hall–Kier alpha value is -1.45. The van der Waals surface area contributed by atoms with E-state index in [0.29, 0.717) is 6.54 Å². The molecular weight excluding hydrogens is 224 g/mol. The standard InChI is InChI=1S/C13H15F2NO/c1-9-2-4-10(5-3-9)8-16-12(17)11-6-13(14,15)7-11/h2-5,11H,6-8H2,1H3,(H,16,17). The number of rotatable bonds is 3. The number of hydrogen-bond donors (Lipinski definition) is 1. The molecule has 4 heteroatoms. The minimum Gasteiger partial charge on any atom is -0.352 e. The van der Waals surface area contributed by atoms with Gasteiger partial charge in [-0.15, -0.1) is 0 Å². The van der Waals surface area contributed by atoms with Gasteiger partial charge in [-0.25, -0.2) is 8.78 Å². The van der Waals surface area contributed by atoms with Crippen LogP contribution in [-0.4, -0.2) is 11.8 Å². The molecule has 1 aromatic rings. The lowest BCUT2D eigenvalue weighted by Gasteiger charge is -2.33. The molecule has 0 saturated heterocycles. The molecule has 1 aliphatic rings. The fraction of sp³-hybridized carbons (Fsp3) is 0.462. The smallest absolute Gasteiger partial charge is 0.249 e. The second-order valence-corrected chi connectivity index (χ2v) is 4.66. The number of nitrogens with one attached hydrogen (secondary N) is 1. The Balaban J connectivity index is 1.79. The number of aryl methyl sites for hydroxylation is 1. The van der Waals surface area contributed by atoms with Gasteiger partial charge in [-0.3, -0.25) is 4.79 Å². The molecule has 0 aromatic heterocycles. The quantitative estimate of drug-likeness (QED) is 0.863. The zero-order valence-corrected chi connectivity index (χ0v) is 9.67. The number of benzene rings is 1. The summed E-state index contributed by atoms with van der Waals surface area (Å²) in [6.07, 6.45) is -0.626. The van der Waals surface area contributed by atoms with Crippen LogP contribution >= 0.6 is 0 Å². The summed E-state index contributed by atoms with van der Waals surface area (Å²) < 4.78 is 25.2. The van der Waals surface area contributed by atoms with E-state index in [1.54, 1.807) is 0 Å². The highest BCUT2D eigenvalue weighted by Gasteiger charge is 2.48. The van der Waals surface area contributed by atoms with E-state index in [-0.39, 0.29) is 18.7 Å². The number of amides is 1. The van der Waals surface area contributed by atoms with Gasteiger partial charge in [0.25, 0.3) is 0 Å². The minimum atomic E-state index is -2.63. The fourth-order valence-corrected chi connectivity index (χ4v) is 1.89. The van der Waals surface area contributed by atoms with Gasteiger partial charge in [0.15, 0.2) is 0 Å². The van der Waals surface area contributed by atoms with Crippen LogP contribution in [0.4, 0.5) is 8.78 Å². The highest BCUT2D eigenvalue weighted by atomic mass is 19.3. The molecule has 92 valence electrons. The Bertz CT molecular complexity index is 406. The molecule has 1 fully saturated rings. The summed E-state index contributed by atoms with van der Waals surface area (Å²) in [7, 11) is 0. The molecule has 1 saturated carbocycles. The van der Waals surface area contributed by atoms with E-state index in [0.717, 1.165) is 11.1 Å². The van der Waals surface area contributed by atoms with Gasteiger partial charge in [-0.1, -0.05) is 29.8 Å². The topological polar surface area (TPSA) is 29.1 Å². The maximum atomic E-state index is 12.6. The minimum absolute atomic E-state index is 0.267. The number of hydrogen-bond acceptors (Lipinski definition) is 1. The van der Waals surface area contributed by atoms with E-state index in [1.165, 1.54) is 0 Å². The summed E-state index contributed by atoms with van der Waals surface area (Å²) >= 11 is 0. The third-order valence-corrected chi connectivity index (χ3v) is 3.05. The predicted molar refractivity (Wildman–Crippen MR) is 60.7 cm³/mol. The van der Waals surface area contributed by atoms with Crippen LogP contribution in [0.25, 0.3) is 0 Å². The Kier molecular flexibility index (Phi) is 3.13. The summed E-state index contributed by atoms with van der Waals surface area (Å²) in [6.45, 7) is 2.39. The zero-order chi connectivity index (χ0) is 12.5. The monoisotopic (exact) mass is 239 g/mol. The van der Waals surface area contributed by atoms with E-state index in [9.17, 15) is 13.6 Å². The lowest BCUT2D eigenvalue weighted by molar-refractivity contribution is -0.150. The van der Waals surface area contributed by atoms with Gasteiger partial charge < -0.3 is 5.32 Å². The number of halogens is 2. The lowest BCUT2D eigenvalue weighted by atomic mass is 9.81. The first-order chi connectivity index (χ1) is 7.96. The molecule has 0 unspecified atom stereocenters. The molecule has 0 bridgehead atoms. The van der Waals surface area contributed by atoms with Crippen molar-refractivity contribution in [1.82, 2.24) is 5.32 Å². The second kappa shape index (κ2) is 4.43. The van der Waals surface area contributed by atoms with Crippen molar-refractivity contribution in [2.45, 2.75) is 32.2 Å². The first-order valence-corrected chi connectivity index (χ1v) is 5.67. The van der Waals surface area contributed by atoms with Gasteiger partial charge in [-0.05, 0) is 12.5 Å². The van der Waals surface area contributed by atoms with Crippen LogP contribution in [0.5, 0.6) is 0 Å². The zero-order valence-electron chi connectivity index (χ0n) is 9.67. The summed E-state index contributed by atoms with van der Waals surface area (Å²) in [5.41, 5.74) is 2.13. The van der Waals surface area contributed by atoms with Crippen LogP contribution in [-0.2, 0) is 11.3 Å². The fourth-order valence-electron chi connectivity index (χ4n) is 1.89. The normalized spacial score (nSPS) is 18.5. The second-order valence-electron chi connectivity index (χ2n) is 4.66. The van der Waals surface area contributed by atoms with E-state index >= 15 is 0 Å². The van der Waals surface area contributed by atoms with Crippen molar-refractivity contribution in [2.75, 3.05) is 0 Å². The van der Waals surface area contributed by atoms with Gasteiger partial charge in [0, 0.05) is 25.3 Å². The van der Waals surface area contributed by atoms with E-state index < -0.39 is 11.8 Å². The Morgan fingerprint density at radius 2 is 1.94 bits per heavy atom. The Morgan fingerprint density at radius 1 is 1.35 bits per heavy atom. The molecule has 2 rings (SSSR count). The maximum Gasteiger partial charge on any atom is 0.249 e. The summed E-state index contributed by atoms with van der Waals surface area (Å²) in [5, 5.41) is 2.69. The van der Waals surface area contributed by atoms with Crippen LogP contribution < -0.4 is 5.32 Å². The van der Waals surface area contributed by atoms with Gasteiger partial charge >= 0.3 is 0 Å². The number of carbonyl (C=O) groups is 1. The molecule has 0 aliphatic heterocycles. The van der Waals surface area contributed by atoms with Crippen molar-refractivity contribution >= 4 is 5.91 Å². The third-order valence-electron chi connectivity index (χ3n) is 3.05. The summed E-state index contributed by atoms with van der Waals surface area (Å²) in [6, 6.07) is 7.76. The van der Waals surface area contributed by atoms with Gasteiger partial charge in [-0.2, -0.15) is 0 Å². The molecule has 1 amide bonds. The van der Waals surface area contributed by atoms with Crippen molar-refractivity contribution in [2.24, 2.45) is 5.92 Å². The maximum absolute atomic E-state index is 12.6. The van der Waals surface area contributed by atoms with Crippen molar-refractivity contribution in [3.8, 4) is 0 Å². The Morgan fingerprint density at radius 3 is 2.47 bits per heavy atom. The van der Waals surface area contributed by atoms with E-state index in [1.807, 2.05) is 31.2 Å². The Labute approximate surface area is 99.0 Å². The van der Waals surface area contributed by atoms with Crippen LogP contribution in [0, 0.1) is 12.8 Å². The molecule has 2 nitrogen and oxygen atoms in total. The highest BCUT2D eigenvalue weighted by molar-refractivity contribution is 5.79.